The van der Waals surface area contributed by atoms with Crippen molar-refractivity contribution in [3.8, 4) is 0 Å². The van der Waals surface area contributed by atoms with Gasteiger partial charge in [0, 0.05) is 12.1 Å². The maximum atomic E-state index is 12.2. The first-order chi connectivity index (χ1) is 11.6. The number of benzene rings is 1. The van der Waals surface area contributed by atoms with Crippen molar-refractivity contribution in [3.05, 3.63) is 35.9 Å². The SMILES string of the molecule is CC(CCc1ccccc1)NC(=O)C(O)[C@H](N)CC1CCCCC1. The van der Waals surface area contributed by atoms with Gasteiger partial charge in [0.1, 0.15) is 6.10 Å². The van der Waals surface area contributed by atoms with E-state index in [1.54, 1.807) is 0 Å². The van der Waals surface area contributed by atoms with E-state index in [2.05, 4.69) is 17.4 Å². The highest BCUT2D eigenvalue weighted by Crippen LogP contribution is 2.27. The van der Waals surface area contributed by atoms with Gasteiger partial charge in [-0.05, 0) is 37.7 Å². The van der Waals surface area contributed by atoms with Crippen molar-refractivity contribution in [3.63, 3.8) is 0 Å². The third-order valence-corrected chi connectivity index (χ3v) is 5.10. The van der Waals surface area contributed by atoms with Crippen molar-refractivity contribution < 1.29 is 9.90 Å². The molecule has 1 saturated carbocycles. The summed E-state index contributed by atoms with van der Waals surface area (Å²) >= 11 is 0. The molecule has 2 rings (SSSR count). The summed E-state index contributed by atoms with van der Waals surface area (Å²) < 4.78 is 0. The smallest absolute Gasteiger partial charge is 0.250 e. The molecule has 0 radical (unpaired) electrons. The lowest BCUT2D eigenvalue weighted by atomic mass is 9.84. The molecule has 4 heteroatoms. The molecule has 0 bridgehead atoms. The Labute approximate surface area is 145 Å². The molecule has 24 heavy (non-hydrogen) atoms. The van der Waals surface area contributed by atoms with Crippen LogP contribution < -0.4 is 11.1 Å². The minimum absolute atomic E-state index is 0.0224. The molecule has 1 aromatic carbocycles. The molecule has 134 valence electrons. The minimum Gasteiger partial charge on any atom is -0.382 e. The van der Waals surface area contributed by atoms with Crippen molar-refractivity contribution in [1.29, 1.82) is 0 Å². The van der Waals surface area contributed by atoms with E-state index in [1.807, 2.05) is 25.1 Å². The van der Waals surface area contributed by atoms with E-state index < -0.39 is 12.1 Å². The average molecular weight is 332 g/mol. The monoisotopic (exact) mass is 332 g/mol. The van der Waals surface area contributed by atoms with E-state index in [0.29, 0.717) is 5.92 Å². The van der Waals surface area contributed by atoms with Gasteiger partial charge in [0.25, 0.3) is 5.91 Å². The van der Waals surface area contributed by atoms with Crippen LogP contribution in [0.1, 0.15) is 57.4 Å². The zero-order chi connectivity index (χ0) is 17.4. The molecule has 0 saturated heterocycles. The molecule has 1 fully saturated rings. The zero-order valence-corrected chi connectivity index (χ0v) is 14.8. The van der Waals surface area contributed by atoms with Crippen LogP contribution in [0, 0.1) is 5.92 Å². The predicted molar refractivity (Wildman–Crippen MR) is 97.5 cm³/mol. The fraction of sp³-hybridized carbons (Fsp3) is 0.650. The zero-order valence-electron chi connectivity index (χ0n) is 14.8. The molecule has 1 aromatic rings. The molecule has 1 amide bonds. The number of aliphatic hydroxyl groups is 1. The number of nitrogens with two attached hydrogens (primary N) is 1. The van der Waals surface area contributed by atoms with Crippen LogP contribution in [-0.4, -0.2) is 29.2 Å². The van der Waals surface area contributed by atoms with Gasteiger partial charge >= 0.3 is 0 Å². The standard InChI is InChI=1S/C20H32N2O2/c1-15(12-13-16-8-4-2-5-9-16)22-20(24)19(23)18(21)14-17-10-6-3-7-11-17/h2,4-5,8-9,15,17-19,23H,3,6-7,10-14,21H2,1H3,(H,22,24)/t15?,18-,19?/m1/s1. The average Bonchev–Trinajstić information content (AvgIpc) is 2.61. The molecule has 4 nitrogen and oxygen atoms in total. The fourth-order valence-electron chi connectivity index (χ4n) is 3.56. The Kier molecular flexibility index (Phi) is 7.73. The van der Waals surface area contributed by atoms with Crippen LogP contribution in [0.3, 0.4) is 0 Å². The first kappa shape index (κ1) is 18.9. The number of rotatable bonds is 8. The Morgan fingerprint density at radius 2 is 1.92 bits per heavy atom. The van der Waals surface area contributed by atoms with E-state index in [1.165, 1.54) is 37.7 Å². The summed E-state index contributed by atoms with van der Waals surface area (Å²) in [7, 11) is 0. The van der Waals surface area contributed by atoms with Crippen molar-refractivity contribution in [2.45, 2.75) is 76.5 Å². The largest absolute Gasteiger partial charge is 0.382 e. The van der Waals surface area contributed by atoms with Crippen molar-refractivity contribution in [2.24, 2.45) is 11.7 Å². The lowest BCUT2D eigenvalue weighted by Crippen LogP contribution is -2.49. The summed E-state index contributed by atoms with van der Waals surface area (Å²) in [6, 6.07) is 9.77. The molecule has 3 atom stereocenters. The Balaban J connectivity index is 1.71. The molecular weight excluding hydrogens is 300 g/mol. The highest BCUT2D eigenvalue weighted by atomic mass is 16.3. The lowest BCUT2D eigenvalue weighted by molar-refractivity contribution is -0.131. The van der Waals surface area contributed by atoms with Gasteiger partial charge in [0.2, 0.25) is 0 Å². The number of amides is 1. The van der Waals surface area contributed by atoms with Gasteiger partial charge in [0.05, 0.1) is 0 Å². The van der Waals surface area contributed by atoms with Crippen molar-refractivity contribution in [1.82, 2.24) is 5.32 Å². The summed E-state index contributed by atoms with van der Waals surface area (Å²) in [5.74, 6) is 0.227. The Morgan fingerprint density at radius 1 is 1.25 bits per heavy atom. The summed E-state index contributed by atoms with van der Waals surface area (Å²) in [6.07, 6.45) is 7.54. The number of aliphatic hydroxyl groups excluding tert-OH is 1. The summed E-state index contributed by atoms with van der Waals surface area (Å²) in [4.78, 5) is 12.2. The molecule has 0 aromatic heterocycles. The second-order valence-electron chi connectivity index (χ2n) is 7.28. The summed E-state index contributed by atoms with van der Waals surface area (Å²) in [5, 5.41) is 13.1. The van der Waals surface area contributed by atoms with E-state index in [9.17, 15) is 9.90 Å². The van der Waals surface area contributed by atoms with Crippen LogP contribution >= 0.6 is 0 Å². The number of hydrogen-bond donors (Lipinski definition) is 3. The molecule has 4 N–H and O–H groups in total. The summed E-state index contributed by atoms with van der Waals surface area (Å²) in [6.45, 7) is 1.97. The normalized spacial score (nSPS) is 19.5. The second kappa shape index (κ2) is 9.80. The van der Waals surface area contributed by atoms with Crippen LogP contribution in [0.2, 0.25) is 0 Å². The van der Waals surface area contributed by atoms with Crippen LogP contribution in [-0.2, 0) is 11.2 Å². The van der Waals surface area contributed by atoms with Crippen molar-refractivity contribution >= 4 is 5.91 Å². The van der Waals surface area contributed by atoms with E-state index >= 15 is 0 Å². The minimum atomic E-state index is -1.11. The first-order valence-electron chi connectivity index (χ1n) is 9.34. The van der Waals surface area contributed by atoms with Crippen molar-refractivity contribution in [2.75, 3.05) is 0 Å². The maximum Gasteiger partial charge on any atom is 0.250 e. The van der Waals surface area contributed by atoms with Gasteiger partial charge in [-0.25, -0.2) is 0 Å². The Bertz CT molecular complexity index is 486. The highest BCUT2D eigenvalue weighted by Gasteiger charge is 2.27. The predicted octanol–water partition coefficient (Wildman–Crippen LogP) is 2.78. The van der Waals surface area contributed by atoms with E-state index in [4.69, 9.17) is 5.73 Å². The Hall–Kier alpha value is -1.39. The van der Waals surface area contributed by atoms with Crippen LogP contribution in [0.5, 0.6) is 0 Å². The Morgan fingerprint density at radius 3 is 2.58 bits per heavy atom. The number of nitrogens with one attached hydrogen (secondary N) is 1. The third-order valence-electron chi connectivity index (χ3n) is 5.10. The van der Waals surface area contributed by atoms with Gasteiger partial charge in [-0.2, -0.15) is 0 Å². The van der Waals surface area contributed by atoms with Gasteiger partial charge < -0.3 is 16.2 Å². The van der Waals surface area contributed by atoms with E-state index in [-0.39, 0.29) is 11.9 Å². The van der Waals surface area contributed by atoms with Crippen LogP contribution in [0.4, 0.5) is 0 Å². The van der Waals surface area contributed by atoms with Gasteiger partial charge in [-0.1, -0.05) is 62.4 Å². The molecule has 2 unspecified atom stereocenters. The quantitative estimate of drug-likeness (QED) is 0.685. The van der Waals surface area contributed by atoms with Crippen LogP contribution in [0.15, 0.2) is 30.3 Å². The number of hydrogen-bond acceptors (Lipinski definition) is 3. The second-order valence-corrected chi connectivity index (χ2v) is 7.28. The molecule has 0 spiro atoms. The van der Waals surface area contributed by atoms with E-state index in [0.717, 1.165) is 19.3 Å². The highest BCUT2D eigenvalue weighted by molar-refractivity contribution is 5.81. The lowest BCUT2D eigenvalue weighted by Gasteiger charge is -2.27. The fourth-order valence-corrected chi connectivity index (χ4v) is 3.56. The maximum absolute atomic E-state index is 12.2. The van der Waals surface area contributed by atoms with Crippen LogP contribution in [0.25, 0.3) is 0 Å². The van der Waals surface area contributed by atoms with Gasteiger partial charge in [-0.3, -0.25) is 4.79 Å². The van der Waals surface area contributed by atoms with Gasteiger partial charge in [-0.15, -0.1) is 0 Å². The summed E-state index contributed by atoms with van der Waals surface area (Å²) in [5.41, 5.74) is 7.34. The topological polar surface area (TPSA) is 75.3 Å². The first-order valence-corrected chi connectivity index (χ1v) is 9.34. The molecule has 0 heterocycles. The molecule has 1 aliphatic carbocycles. The third kappa shape index (κ3) is 6.25. The number of aryl methyl sites for hydroxylation is 1. The van der Waals surface area contributed by atoms with Gasteiger partial charge in [0.15, 0.2) is 0 Å². The molecule has 1 aliphatic rings. The molecule has 0 aliphatic heterocycles. The number of carbonyl (C=O) groups is 1. The number of carbonyl (C=O) groups excluding carboxylic acids is 1. The molecular formula is C20H32N2O2.